The van der Waals surface area contributed by atoms with Gasteiger partial charge in [-0.2, -0.15) is 13.2 Å². The van der Waals surface area contributed by atoms with Crippen molar-refractivity contribution in [3.8, 4) is 0 Å². The Balaban J connectivity index is 2.19. The van der Waals surface area contributed by atoms with Crippen LogP contribution in [0.25, 0.3) is 0 Å². The molecular formula is C12H14F3NO3S. The van der Waals surface area contributed by atoms with Gasteiger partial charge in [0.1, 0.15) is 0 Å². The molecule has 0 atom stereocenters. The lowest BCUT2D eigenvalue weighted by molar-refractivity contribution is -0.138. The highest BCUT2D eigenvalue weighted by molar-refractivity contribution is 7.88. The lowest BCUT2D eigenvalue weighted by Crippen LogP contribution is -2.51. The smallest absolute Gasteiger partial charge is 0.396 e. The molecule has 0 aliphatic carbocycles. The molecule has 1 heterocycles. The van der Waals surface area contributed by atoms with Gasteiger partial charge in [-0.3, -0.25) is 0 Å². The molecule has 0 saturated carbocycles. The van der Waals surface area contributed by atoms with E-state index in [-0.39, 0.29) is 31.2 Å². The molecule has 1 fully saturated rings. The van der Waals surface area contributed by atoms with Crippen LogP contribution < -0.4 is 0 Å². The molecule has 4 nitrogen and oxygen atoms in total. The predicted molar refractivity (Wildman–Crippen MR) is 66.2 cm³/mol. The molecule has 8 heteroatoms. The monoisotopic (exact) mass is 309 g/mol. The van der Waals surface area contributed by atoms with Gasteiger partial charge < -0.3 is 5.11 Å². The van der Waals surface area contributed by atoms with Crippen molar-refractivity contribution >= 4 is 10.0 Å². The molecule has 0 radical (unpaired) electrons. The highest BCUT2D eigenvalue weighted by Gasteiger charge is 2.38. The van der Waals surface area contributed by atoms with Crippen molar-refractivity contribution in [2.75, 3.05) is 19.7 Å². The standard InChI is InChI=1S/C12H14F3NO3S/c13-12(14,15)11-4-2-1-3-10(11)8-20(18,19)16-5-9(6-16)7-17/h1-4,9,17H,5-8H2. The van der Waals surface area contributed by atoms with Gasteiger partial charge in [-0.05, 0) is 11.6 Å². The van der Waals surface area contributed by atoms with Crippen molar-refractivity contribution in [3.05, 3.63) is 35.4 Å². The number of halogens is 3. The summed E-state index contributed by atoms with van der Waals surface area (Å²) in [7, 11) is -3.78. The van der Waals surface area contributed by atoms with Crippen LogP contribution in [-0.2, 0) is 22.0 Å². The maximum absolute atomic E-state index is 12.8. The van der Waals surface area contributed by atoms with Gasteiger partial charge in [0.15, 0.2) is 0 Å². The summed E-state index contributed by atoms with van der Waals surface area (Å²) in [5, 5.41) is 8.84. The average Bonchev–Trinajstić information content (AvgIpc) is 2.25. The Kier molecular flexibility index (Phi) is 4.08. The topological polar surface area (TPSA) is 57.6 Å². The van der Waals surface area contributed by atoms with Gasteiger partial charge >= 0.3 is 6.18 Å². The molecule has 0 aromatic heterocycles. The quantitative estimate of drug-likeness (QED) is 0.916. The highest BCUT2D eigenvalue weighted by Crippen LogP contribution is 2.33. The van der Waals surface area contributed by atoms with Crippen LogP contribution in [0.1, 0.15) is 11.1 Å². The van der Waals surface area contributed by atoms with Crippen molar-refractivity contribution in [1.82, 2.24) is 4.31 Å². The van der Waals surface area contributed by atoms with E-state index in [2.05, 4.69) is 0 Å². The van der Waals surface area contributed by atoms with Gasteiger partial charge in [-0.25, -0.2) is 12.7 Å². The summed E-state index contributed by atoms with van der Waals surface area (Å²) < 4.78 is 63.5. The summed E-state index contributed by atoms with van der Waals surface area (Å²) in [6, 6.07) is 4.65. The first kappa shape index (κ1) is 15.3. The van der Waals surface area contributed by atoms with Crippen LogP contribution in [-0.4, -0.2) is 37.5 Å². The first-order chi connectivity index (χ1) is 9.24. The van der Waals surface area contributed by atoms with Gasteiger partial charge in [-0.15, -0.1) is 0 Å². The van der Waals surface area contributed by atoms with E-state index in [1.54, 1.807) is 0 Å². The third-order valence-corrected chi connectivity index (χ3v) is 5.00. The van der Waals surface area contributed by atoms with Crippen LogP contribution in [0.15, 0.2) is 24.3 Å². The largest absolute Gasteiger partial charge is 0.416 e. The van der Waals surface area contributed by atoms with E-state index in [0.29, 0.717) is 0 Å². The molecule has 0 bridgehead atoms. The summed E-state index contributed by atoms with van der Waals surface area (Å²) >= 11 is 0. The minimum absolute atomic E-state index is 0.120. The number of benzene rings is 1. The fraction of sp³-hybridized carbons (Fsp3) is 0.500. The number of hydrogen-bond donors (Lipinski definition) is 1. The molecule has 0 spiro atoms. The molecule has 20 heavy (non-hydrogen) atoms. The van der Waals surface area contributed by atoms with Crippen LogP contribution in [0, 0.1) is 5.92 Å². The Hall–Kier alpha value is -1.12. The zero-order valence-electron chi connectivity index (χ0n) is 10.5. The molecule has 1 N–H and O–H groups in total. The van der Waals surface area contributed by atoms with E-state index in [0.717, 1.165) is 10.4 Å². The molecule has 0 unspecified atom stereocenters. The molecule has 1 aliphatic heterocycles. The van der Waals surface area contributed by atoms with E-state index in [1.165, 1.54) is 18.2 Å². The van der Waals surface area contributed by atoms with Crippen molar-refractivity contribution < 1.29 is 26.7 Å². The van der Waals surface area contributed by atoms with Crippen LogP contribution in [0.4, 0.5) is 13.2 Å². The Morgan fingerprint density at radius 2 is 1.85 bits per heavy atom. The first-order valence-corrected chi connectivity index (χ1v) is 7.59. The average molecular weight is 309 g/mol. The second-order valence-corrected chi connectivity index (χ2v) is 6.75. The number of sulfonamides is 1. The van der Waals surface area contributed by atoms with Crippen molar-refractivity contribution in [3.63, 3.8) is 0 Å². The fourth-order valence-electron chi connectivity index (χ4n) is 2.08. The minimum atomic E-state index is -4.57. The zero-order valence-corrected chi connectivity index (χ0v) is 11.3. The van der Waals surface area contributed by atoms with Gasteiger partial charge in [0.05, 0.1) is 11.3 Å². The lowest BCUT2D eigenvalue weighted by atomic mass is 10.1. The van der Waals surface area contributed by atoms with E-state index in [4.69, 9.17) is 5.11 Å². The number of hydrogen-bond acceptors (Lipinski definition) is 3. The van der Waals surface area contributed by atoms with Gasteiger partial charge in [0.2, 0.25) is 10.0 Å². The lowest BCUT2D eigenvalue weighted by Gasteiger charge is -2.37. The maximum Gasteiger partial charge on any atom is 0.416 e. The molecule has 1 saturated heterocycles. The molecular weight excluding hydrogens is 295 g/mol. The van der Waals surface area contributed by atoms with Crippen LogP contribution in [0.5, 0.6) is 0 Å². The molecule has 0 amide bonds. The Morgan fingerprint density at radius 1 is 1.25 bits per heavy atom. The van der Waals surface area contributed by atoms with Gasteiger partial charge in [0, 0.05) is 25.6 Å². The number of aliphatic hydroxyl groups excluding tert-OH is 1. The van der Waals surface area contributed by atoms with Crippen LogP contribution in [0.3, 0.4) is 0 Å². The van der Waals surface area contributed by atoms with Crippen LogP contribution >= 0.6 is 0 Å². The van der Waals surface area contributed by atoms with E-state index < -0.39 is 27.5 Å². The summed E-state index contributed by atoms with van der Waals surface area (Å²) in [5.41, 5.74) is -1.18. The van der Waals surface area contributed by atoms with Gasteiger partial charge in [-0.1, -0.05) is 18.2 Å². The van der Waals surface area contributed by atoms with Gasteiger partial charge in [0.25, 0.3) is 0 Å². The Morgan fingerprint density at radius 3 is 2.40 bits per heavy atom. The third kappa shape index (κ3) is 3.13. The molecule has 1 aromatic carbocycles. The number of aliphatic hydroxyl groups is 1. The van der Waals surface area contributed by atoms with E-state index in [9.17, 15) is 21.6 Å². The third-order valence-electron chi connectivity index (χ3n) is 3.24. The van der Waals surface area contributed by atoms with Crippen molar-refractivity contribution in [2.45, 2.75) is 11.9 Å². The summed E-state index contributed by atoms with van der Waals surface area (Å²) in [4.78, 5) is 0. The number of alkyl halides is 3. The van der Waals surface area contributed by atoms with Crippen molar-refractivity contribution in [1.29, 1.82) is 0 Å². The highest BCUT2D eigenvalue weighted by atomic mass is 32.2. The normalized spacial score (nSPS) is 18.0. The summed E-state index contributed by atoms with van der Waals surface area (Å²) in [6.07, 6.45) is -4.57. The number of rotatable bonds is 4. The molecule has 112 valence electrons. The zero-order chi connectivity index (χ0) is 15.0. The summed E-state index contributed by atoms with van der Waals surface area (Å²) in [5.74, 6) is -0.802. The van der Waals surface area contributed by atoms with E-state index >= 15 is 0 Å². The van der Waals surface area contributed by atoms with Crippen LogP contribution in [0.2, 0.25) is 0 Å². The number of nitrogens with zero attached hydrogens (tertiary/aromatic N) is 1. The summed E-state index contributed by atoms with van der Waals surface area (Å²) in [6.45, 7) is 0.200. The second kappa shape index (κ2) is 5.34. The molecule has 2 rings (SSSR count). The first-order valence-electron chi connectivity index (χ1n) is 5.98. The SMILES string of the molecule is O=S(=O)(Cc1ccccc1C(F)(F)F)N1CC(CO)C1. The predicted octanol–water partition coefficient (Wildman–Crippen LogP) is 1.46. The fourth-order valence-corrected chi connectivity index (χ4v) is 3.78. The minimum Gasteiger partial charge on any atom is -0.396 e. The van der Waals surface area contributed by atoms with E-state index in [1.807, 2.05) is 0 Å². The molecule has 1 aromatic rings. The molecule has 1 aliphatic rings. The Labute approximate surface area is 114 Å². The Bertz CT molecular complexity index is 580. The second-order valence-electron chi connectivity index (χ2n) is 4.78. The maximum atomic E-state index is 12.8. The van der Waals surface area contributed by atoms with Crippen molar-refractivity contribution in [2.24, 2.45) is 5.92 Å².